The normalized spacial score (nSPS) is 13.1. The van der Waals surface area contributed by atoms with Crippen molar-refractivity contribution < 1.29 is 23.7 Å². The van der Waals surface area contributed by atoms with Crippen LogP contribution in [0, 0.1) is 17.0 Å². The van der Waals surface area contributed by atoms with E-state index in [1.807, 2.05) is 79.7 Å². The van der Waals surface area contributed by atoms with E-state index >= 15 is 0 Å². The number of anilines is 1. The summed E-state index contributed by atoms with van der Waals surface area (Å²) in [5, 5.41) is 16.5. The Bertz CT molecular complexity index is 1700. The summed E-state index contributed by atoms with van der Waals surface area (Å²) in [6.07, 6.45) is 0. The molecule has 3 heterocycles. The molecular formula is C32H29N5O6. The lowest BCUT2D eigenvalue weighted by Crippen LogP contribution is -2.37. The van der Waals surface area contributed by atoms with E-state index in [0.29, 0.717) is 43.3 Å². The maximum Gasteiger partial charge on any atom is 0.315 e. The van der Waals surface area contributed by atoms with Gasteiger partial charge >= 0.3 is 5.69 Å². The fourth-order valence-electron chi connectivity index (χ4n) is 4.75. The third kappa shape index (κ3) is 6.47. The SMILES string of the molecule is Cc1ccc(-c2noc(-c3cc(OCc4ccccc4)c(OCc4ccccc4)c([N+](=O)[O-])c3)n2)c(N2CCOCC2)n1. The zero-order valence-electron chi connectivity index (χ0n) is 23.5. The van der Waals surface area contributed by atoms with Gasteiger partial charge in [-0.15, -0.1) is 0 Å². The van der Waals surface area contributed by atoms with Gasteiger partial charge in [-0.05, 0) is 36.2 Å². The molecule has 0 spiro atoms. The first-order valence-electron chi connectivity index (χ1n) is 13.9. The van der Waals surface area contributed by atoms with Crippen LogP contribution in [0.1, 0.15) is 16.8 Å². The van der Waals surface area contributed by atoms with Crippen LogP contribution < -0.4 is 14.4 Å². The smallest absolute Gasteiger partial charge is 0.315 e. The number of pyridine rings is 1. The van der Waals surface area contributed by atoms with Crippen molar-refractivity contribution in [1.29, 1.82) is 0 Å². The zero-order valence-corrected chi connectivity index (χ0v) is 23.5. The molecule has 0 N–H and O–H groups in total. The number of hydrogen-bond acceptors (Lipinski definition) is 10. The van der Waals surface area contributed by atoms with E-state index in [1.54, 1.807) is 6.07 Å². The van der Waals surface area contributed by atoms with E-state index in [-0.39, 0.29) is 36.3 Å². The molecule has 1 aliphatic rings. The summed E-state index contributed by atoms with van der Waals surface area (Å²) in [6.45, 7) is 4.79. The summed E-state index contributed by atoms with van der Waals surface area (Å²) in [7, 11) is 0. The minimum Gasteiger partial charge on any atom is -0.485 e. The number of rotatable bonds is 10. The number of nitro benzene ring substituents is 1. The largest absolute Gasteiger partial charge is 0.485 e. The van der Waals surface area contributed by atoms with Crippen LogP contribution in [-0.4, -0.2) is 46.4 Å². The van der Waals surface area contributed by atoms with E-state index in [4.69, 9.17) is 23.7 Å². The van der Waals surface area contributed by atoms with Gasteiger partial charge in [0.05, 0.1) is 29.3 Å². The maximum atomic E-state index is 12.3. The van der Waals surface area contributed by atoms with Crippen molar-refractivity contribution >= 4 is 11.5 Å². The predicted molar refractivity (Wildman–Crippen MR) is 159 cm³/mol. The van der Waals surface area contributed by atoms with Gasteiger partial charge in [0, 0.05) is 24.8 Å². The van der Waals surface area contributed by atoms with E-state index in [1.165, 1.54) is 6.07 Å². The van der Waals surface area contributed by atoms with Crippen LogP contribution in [0.4, 0.5) is 11.5 Å². The Labute approximate surface area is 247 Å². The van der Waals surface area contributed by atoms with Crippen LogP contribution in [0.3, 0.4) is 0 Å². The molecule has 1 fully saturated rings. The van der Waals surface area contributed by atoms with Crippen molar-refractivity contribution in [3.05, 3.63) is 112 Å². The molecule has 0 unspecified atom stereocenters. The topological polar surface area (TPSA) is 126 Å². The van der Waals surface area contributed by atoms with Gasteiger partial charge in [-0.25, -0.2) is 4.98 Å². The average Bonchev–Trinajstić information content (AvgIpc) is 3.54. The lowest BCUT2D eigenvalue weighted by molar-refractivity contribution is -0.386. The molecule has 11 nitrogen and oxygen atoms in total. The molecule has 0 atom stereocenters. The van der Waals surface area contributed by atoms with Crippen molar-refractivity contribution in [1.82, 2.24) is 15.1 Å². The molecule has 218 valence electrons. The number of ether oxygens (including phenoxy) is 3. The number of hydrogen-bond donors (Lipinski definition) is 0. The van der Waals surface area contributed by atoms with Gasteiger partial charge in [0.1, 0.15) is 19.0 Å². The van der Waals surface area contributed by atoms with Crippen molar-refractivity contribution in [2.75, 3.05) is 31.2 Å². The fraction of sp³-hybridized carbons (Fsp3) is 0.219. The Morgan fingerprint density at radius 3 is 2.23 bits per heavy atom. The minimum atomic E-state index is -0.503. The molecule has 5 aromatic rings. The summed E-state index contributed by atoms with van der Waals surface area (Å²) in [6, 6.07) is 25.7. The fourth-order valence-corrected chi connectivity index (χ4v) is 4.75. The molecule has 1 aliphatic heterocycles. The first-order valence-corrected chi connectivity index (χ1v) is 13.9. The second kappa shape index (κ2) is 12.7. The molecule has 43 heavy (non-hydrogen) atoms. The number of nitro groups is 1. The van der Waals surface area contributed by atoms with Crippen molar-refractivity contribution in [2.24, 2.45) is 0 Å². The Hall–Kier alpha value is -5.29. The van der Waals surface area contributed by atoms with Crippen molar-refractivity contribution in [3.63, 3.8) is 0 Å². The van der Waals surface area contributed by atoms with E-state index in [9.17, 15) is 10.1 Å². The molecular weight excluding hydrogens is 550 g/mol. The molecule has 0 aliphatic carbocycles. The summed E-state index contributed by atoms with van der Waals surface area (Å²) in [5.74, 6) is 1.37. The van der Waals surface area contributed by atoms with Crippen LogP contribution in [0.15, 0.2) is 89.5 Å². The second-order valence-electron chi connectivity index (χ2n) is 9.97. The highest BCUT2D eigenvalue weighted by Gasteiger charge is 2.27. The van der Waals surface area contributed by atoms with Gasteiger partial charge in [0.2, 0.25) is 11.6 Å². The molecule has 2 aromatic heterocycles. The first-order chi connectivity index (χ1) is 21.0. The van der Waals surface area contributed by atoms with Crippen molar-refractivity contribution in [3.8, 4) is 34.3 Å². The molecule has 0 saturated carbocycles. The molecule has 0 amide bonds. The highest BCUT2D eigenvalue weighted by Crippen LogP contribution is 2.42. The standard InChI is InChI=1S/C32H29N5O6/c1-22-12-13-26(31(33-22)36-14-16-40-17-15-36)30-34-32(43-35-30)25-18-27(37(38)39)29(42-21-24-10-6-3-7-11-24)28(19-25)41-20-23-8-4-2-5-9-23/h2-13,18-19H,14-17,20-21H2,1H3. The first kappa shape index (κ1) is 27.9. The van der Waals surface area contributed by atoms with E-state index in [0.717, 1.165) is 22.6 Å². The highest BCUT2D eigenvalue weighted by molar-refractivity contribution is 5.74. The number of aromatic nitrogens is 3. The van der Waals surface area contributed by atoms with Crippen LogP contribution >= 0.6 is 0 Å². The maximum absolute atomic E-state index is 12.3. The molecule has 0 radical (unpaired) electrons. The Morgan fingerprint density at radius 1 is 0.884 bits per heavy atom. The second-order valence-corrected chi connectivity index (χ2v) is 9.97. The summed E-state index contributed by atoms with van der Waals surface area (Å²) < 4.78 is 23.3. The van der Waals surface area contributed by atoms with Gasteiger partial charge in [-0.2, -0.15) is 4.98 Å². The molecule has 6 rings (SSSR count). The lowest BCUT2D eigenvalue weighted by atomic mass is 10.1. The van der Waals surface area contributed by atoms with E-state index < -0.39 is 4.92 Å². The lowest BCUT2D eigenvalue weighted by Gasteiger charge is -2.29. The van der Waals surface area contributed by atoms with Crippen LogP contribution in [0.25, 0.3) is 22.8 Å². The third-order valence-corrected chi connectivity index (χ3v) is 6.93. The molecule has 1 saturated heterocycles. The molecule has 0 bridgehead atoms. The Balaban J connectivity index is 1.37. The van der Waals surface area contributed by atoms with E-state index in [2.05, 4.69) is 15.0 Å². The number of benzene rings is 3. The number of morpholine rings is 1. The Kier molecular flexibility index (Phi) is 8.23. The van der Waals surface area contributed by atoms with Crippen LogP contribution in [-0.2, 0) is 18.0 Å². The van der Waals surface area contributed by atoms with Gasteiger partial charge in [-0.3, -0.25) is 10.1 Å². The van der Waals surface area contributed by atoms with Gasteiger partial charge in [0.15, 0.2) is 5.75 Å². The third-order valence-electron chi connectivity index (χ3n) is 6.93. The zero-order chi connectivity index (χ0) is 29.6. The van der Waals surface area contributed by atoms with Crippen molar-refractivity contribution in [2.45, 2.75) is 20.1 Å². The van der Waals surface area contributed by atoms with Gasteiger partial charge in [0.25, 0.3) is 5.89 Å². The van der Waals surface area contributed by atoms with Gasteiger partial charge < -0.3 is 23.6 Å². The number of nitrogens with zero attached hydrogens (tertiary/aromatic N) is 5. The highest BCUT2D eigenvalue weighted by atomic mass is 16.6. The monoisotopic (exact) mass is 579 g/mol. The van der Waals surface area contributed by atoms with Gasteiger partial charge in [-0.1, -0.05) is 65.8 Å². The summed E-state index contributed by atoms with van der Waals surface area (Å²) in [5.41, 5.74) is 3.36. The predicted octanol–water partition coefficient (Wildman–Crippen LogP) is 6.01. The average molecular weight is 580 g/mol. The number of aryl methyl sites for hydroxylation is 1. The summed E-state index contributed by atoms with van der Waals surface area (Å²) in [4.78, 5) is 23.3. The minimum absolute atomic E-state index is 0.0191. The Morgan fingerprint density at radius 2 is 1.56 bits per heavy atom. The summed E-state index contributed by atoms with van der Waals surface area (Å²) >= 11 is 0. The van der Waals surface area contributed by atoms with Crippen LogP contribution in [0.5, 0.6) is 11.5 Å². The van der Waals surface area contributed by atoms with Crippen LogP contribution in [0.2, 0.25) is 0 Å². The molecule has 3 aromatic carbocycles. The molecule has 11 heteroatoms. The quantitative estimate of drug-likeness (QED) is 0.143.